The monoisotopic (exact) mass is 247 g/mol. The van der Waals surface area contributed by atoms with Crippen LogP contribution in [0.3, 0.4) is 0 Å². The Labute approximate surface area is 104 Å². The lowest BCUT2D eigenvalue weighted by Crippen LogP contribution is -1.95. The second-order valence-corrected chi connectivity index (χ2v) is 4.65. The molecular formula is C13H13NO2S. The van der Waals surface area contributed by atoms with Gasteiger partial charge in [-0.15, -0.1) is 11.3 Å². The van der Waals surface area contributed by atoms with Gasteiger partial charge in [-0.2, -0.15) is 0 Å². The molecule has 0 aliphatic carbocycles. The van der Waals surface area contributed by atoms with Crippen molar-refractivity contribution in [1.82, 2.24) is 4.98 Å². The fourth-order valence-electron chi connectivity index (χ4n) is 1.61. The summed E-state index contributed by atoms with van der Waals surface area (Å²) in [6.45, 7) is 2.15. The van der Waals surface area contributed by atoms with E-state index in [1.54, 1.807) is 5.38 Å². The third kappa shape index (κ3) is 2.71. The average molecular weight is 247 g/mol. The summed E-state index contributed by atoms with van der Waals surface area (Å²) in [5.41, 5.74) is 2.39. The Morgan fingerprint density at radius 3 is 2.59 bits per heavy atom. The van der Waals surface area contributed by atoms with Crippen LogP contribution in [0.15, 0.2) is 29.6 Å². The van der Waals surface area contributed by atoms with Crippen LogP contribution in [0.1, 0.15) is 29.4 Å². The van der Waals surface area contributed by atoms with Crippen LogP contribution in [0.25, 0.3) is 10.6 Å². The van der Waals surface area contributed by atoms with E-state index < -0.39 is 5.97 Å². The van der Waals surface area contributed by atoms with Crippen LogP contribution >= 0.6 is 11.3 Å². The zero-order chi connectivity index (χ0) is 12.3. The third-order valence-electron chi connectivity index (χ3n) is 2.46. The number of aromatic carboxylic acids is 1. The Morgan fingerprint density at radius 2 is 2.06 bits per heavy atom. The number of hydrogen-bond donors (Lipinski definition) is 1. The first-order valence-electron chi connectivity index (χ1n) is 5.49. The van der Waals surface area contributed by atoms with E-state index in [4.69, 9.17) is 5.11 Å². The molecule has 1 aromatic carbocycles. The maximum atomic E-state index is 10.7. The Balaban J connectivity index is 2.23. The van der Waals surface area contributed by atoms with Crippen LogP contribution in [0.5, 0.6) is 0 Å². The van der Waals surface area contributed by atoms with E-state index >= 15 is 0 Å². The maximum Gasteiger partial charge on any atom is 0.355 e. The average Bonchev–Trinajstić information content (AvgIpc) is 2.80. The first kappa shape index (κ1) is 11.8. The smallest absolute Gasteiger partial charge is 0.355 e. The van der Waals surface area contributed by atoms with Gasteiger partial charge >= 0.3 is 5.97 Å². The second-order valence-electron chi connectivity index (χ2n) is 3.79. The van der Waals surface area contributed by atoms with Gasteiger partial charge in [0.15, 0.2) is 5.69 Å². The Kier molecular flexibility index (Phi) is 3.54. The van der Waals surface area contributed by atoms with Gasteiger partial charge in [-0.05, 0) is 12.0 Å². The van der Waals surface area contributed by atoms with E-state index in [2.05, 4.69) is 24.0 Å². The normalized spacial score (nSPS) is 10.4. The van der Waals surface area contributed by atoms with Crippen molar-refractivity contribution >= 4 is 17.3 Å². The van der Waals surface area contributed by atoms with Crippen molar-refractivity contribution in [3.05, 3.63) is 40.9 Å². The van der Waals surface area contributed by atoms with Crippen molar-refractivity contribution in [2.75, 3.05) is 0 Å². The van der Waals surface area contributed by atoms with Crippen LogP contribution in [-0.2, 0) is 6.42 Å². The zero-order valence-electron chi connectivity index (χ0n) is 9.51. The van der Waals surface area contributed by atoms with Crippen LogP contribution in [0, 0.1) is 0 Å². The number of hydrogen-bond acceptors (Lipinski definition) is 3. The summed E-state index contributed by atoms with van der Waals surface area (Å²) < 4.78 is 0. The number of thiazole rings is 1. The molecule has 0 fully saturated rings. The maximum absolute atomic E-state index is 10.7. The van der Waals surface area contributed by atoms with Gasteiger partial charge in [-0.25, -0.2) is 9.78 Å². The van der Waals surface area contributed by atoms with Gasteiger partial charge in [0, 0.05) is 10.9 Å². The van der Waals surface area contributed by atoms with Gasteiger partial charge < -0.3 is 5.11 Å². The molecule has 0 saturated carbocycles. The molecule has 0 saturated heterocycles. The summed E-state index contributed by atoms with van der Waals surface area (Å²) >= 11 is 1.36. The van der Waals surface area contributed by atoms with E-state index in [1.165, 1.54) is 16.9 Å². The minimum Gasteiger partial charge on any atom is -0.476 e. The molecule has 2 rings (SSSR count). The van der Waals surface area contributed by atoms with E-state index in [-0.39, 0.29) is 5.69 Å². The highest BCUT2D eigenvalue weighted by atomic mass is 32.1. The SMILES string of the molecule is CCCc1ccc(-c2nc(C(=O)O)cs2)cc1. The van der Waals surface area contributed by atoms with Gasteiger partial charge in [0.2, 0.25) is 0 Å². The number of carbonyl (C=O) groups is 1. The molecule has 4 heteroatoms. The van der Waals surface area contributed by atoms with E-state index in [0.29, 0.717) is 0 Å². The van der Waals surface area contributed by atoms with Crippen LogP contribution in [-0.4, -0.2) is 16.1 Å². The molecule has 0 aliphatic rings. The van der Waals surface area contributed by atoms with Crippen molar-refractivity contribution < 1.29 is 9.90 Å². The molecule has 0 spiro atoms. The van der Waals surface area contributed by atoms with Crippen LogP contribution in [0.4, 0.5) is 0 Å². The zero-order valence-corrected chi connectivity index (χ0v) is 10.3. The number of aryl methyl sites for hydroxylation is 1. The summed E-state index contributed by atoms with van der Waals surface area (Å²) in [7, 11) is 0. The van der Waals surface area contributed by atoms with Gasteiger partial charge in [-0.3, -0.25) is 0 Å². The first-order chi connectivity index (χ1) is 8.20. The number of carboxylic acids is 1. The Bertz CT molecular complexity index is 516. The molecule has 0 amide bonds. The molecule has 1 heterocycles. The summed E-state index contributed by atoms with van der Waals surface area (Å²) in [6.07, 6.45) is 2.19. The second kappa shape index (κ2) is 5.10. The minimum atomic E-state index is -0.977. The third-order valence-corrected chi connectivity index (χ3v) is 3.35. The summed E-state index contributed by atoms with van der Waals surface area (Å²) in [5.74, 6) is -0.977. The topological polar surface area (TPSA) is 50.2 Å². The quantitative estimate of drug-likeness (QED) is 0.900. The van der Waals surface area contributed by atoms with Crippen molar-refractivity contribution in [3.63, 3.8) is 0 Å². The molecule has 0 aliphatic heterocycles. The van der Waals surface area contributed by atoms with E-state index in [0.717, 1.165) is 23.4 Å². The molecule has 3 nitrogen and oxygen atoms in total. The molecule has 1 aromatic heterocycles. The highest BCUT2D eigenvalue weighted by Gasteiger charge is 2.09. The summed E-state index contributed by atoms with van der Waals surface area (Å²) in [4.78, 5) is 14.8. The fourth-order valence-corrected chi connectivity index (χ4v) is 2.41. The summed E-state index contributed by atoms with van der Waals surface area (Å²) in [6, 6.07) is 8.13. The molecule has 1 N–H and O–H groups in total. The lowest BCUT2D eigenvalue weighted by Gasteiger charge is -2.00. The number of benzene rings is 1. The van der Waals surface area contributed by atoms with Crippen molar-refractivity contribution in [2.24, 2.45) is 0 Å². The predicted octanol–water partition coefficient (Wildman–Crippen LogP) is 3.46. The molecule has 2 aromatic rings. The Morgan fingerprint density at radius 1 is 1.35 bits per heavy atom. The predicted molar refractivity (Wildman–Crippen MR) is 68.5 cm³/mol. The first-order valence-corrected chi connectivity index (χ1v) is 6.37. The van der Waals surface area contributed by atoms with Gasteiger partial charge in [0.05, 0.1) is 0 Å². The minimum absolute atomic E-state index is 0.114. The van der Waals surface area contributed by atoms with E-state index in [1.807, 2.05) is 12.1 Å². The van der Waals surface area contributed by atoms with E-state index in [9.17, 15) is 4.79 Å². The number of rotatable bonds is 4. The van der Waals surface area contributed by atoms with Crippen LogP contribution < -0.4 is 0 Å². The largest absolute Gasteiger partial charge is 0.476 e. The van der Waals surface area contributed by atoms with Crippen molar-refractivity contribution in [2.45, 2.75) is 19.8 Å². The highest BCUT2D eigenvalue weighted by molar-refractivity contribution is 7.13. The molecule has 0 radical (unpaired) electrons. The van der Waals surface area contributed by atoms with Gasteiger partial charge in [-0.1, -0.05) is 37.6 Å². The number of carboxylic acid groups (broad SMARTS) is 1. The lowest BCUT2D eigenvalue weighted by molar-refractivity contribution is 0.0691. The molecule has 0 unspecified atom stereocenters. The number of aromatic nitrogens is 1. The fraction of sp³-hybridized carbons (Fsp3) is 0.231. The molecule has 0 atom stereocenters. The number of nitrogens with zero attached hydrogens (tertiary/aromatic N) is 1. The molecule has 17 heavy (non-hydrogen) atoms. The van der Waals surface area contributed by atoms with Crippen molar-refractivity contribution in [1.29, 1.82) is 0 Å². The van der Waals surface area contributed by atoms with Crippen molar-refractivity contribution in [3.8, 4) is 10.6 Å². The molecule has 88 valence electrons. The highest BCUT2D eigenvalue weighted by Crippen LogP contribution is 2.24. The standard InChI is InChI=1S/C13H13NO2S/c1-2-3-9-4-6-10(7-5-9)12-14-11(8-17-12)13(15)16/h4-8H,2-3H2,1H3,(H,15,16). The molecule has 0 bridgehead atoms. The lowest BCUT2D eigenvalue weighted by atomic mass is 10.1. The van der Waals surface area contributed by atoms with Crippen LogP contribution in [0.2, 0.25) is 0 Å². The summed E-state index contributed by atoms with van der Waals surface area (Å²) in [5, 5.41) is 11.1. The van der Waals surface area contributed by atoms with Gasteiger partial charge in [0.1, 0.15) is 5.01 Å². The Hall–Kier alpha value is -1.68. The molecular weight excluding hydrogens is 234 g/mol. The van der Waals surface area contributed by atoms with Gasteiger partial charge in [0.25, 0.3) is 0 Å².